The van der Waals surface area contributed by atoms with Gasteiger partial charge in [0.15, 0.2) is 0 Å². The number of aromatic nitrogens is 2. The van der Waals surface area contributed by atoms with Crippen LogP contribution in [0.25, 0.3) is 10.9 Å². The second-order valence-corrected chi connectivity index (χ2v) is 9.69. The second-order valence-electron chi connectivity index (χ2n) is 9.69. The topological polar surface area (TPSA) is 76.9 Å². The molecule has 0 saturated heterocycles. The molecular weight excluding hydrogens is 444 g/mol. The third-order valence-corrected chi connectivity index (χ3v) is 5.60. The minimum absolute atomic E-state index is 0.0298. The van der Waals surface area contributed by atoms with Crippen LogP contribution in [0.1, 0.15) is 32.8 Å². The van der Waals surface area contributed by atoms with Crippen molar-refractivity contribution in [1.82, 2.24) is 19.4 Å². The number of carbonyl (C=O) groups excluding carboxylic acids is 1. The van der Waals surface area contributed by atoms with Gasteiger partial charge in [-0.25, -0.2) is 4.79 Å². The molecule has 3 aromatic rings. The number of carbonyl (C=O) groups is 1. The smallest absolute Gasteiger partial charge is 0.410 e. The van der Waals surface area contributed by atoms with E-state index in [2.05, 4.69) is 9.88 Å². The summed E-state index contributed by atoms with van der Waals surface area (Å²) in [5, 5.41) is 0.967. The van der Waals surface area contributed by atoms with Gasteiger partial charge in [0.25, 0.3) is 5.56 Å². The summed E-state index contributed by atoms with van der Waals surface area (Å²) >= 11 is 0. The Balaban J connectivity index is 1.55. The number of aryl methyl sites for hydroxylation is 1. The van der Waals surface area contributed by atoms with E-state index in [9.17, 15) is 9.59 Å². The maximum absolute atomic E-state index is 12.3. The monoisotopic (exact) mass is 480 g/mol. The van der Waals surface area contributed by atoms with Gasteiger partial charge in [-0.05, 0) is 69.2 Å². The molecule has 0 bridgehead atoms. The van der Waals surface area contributed by atoms with Gasteiger partial charge in [0.05, 0.1) is 12.1 Å². The molecule has 0 N–H and O–H groups in total. The molecular formula is C27H36N4O4. The maximum Gasteiger partial charge on any atom is 0.410 e. The van der Waals surface area contributed by atoms with Crippen molar-refractivity contribution in [2.75, 3.05) is 33.3 Å². The molecule has 0 fully saturated rings. The van der Waals surface area contributed by atoms with Gasteiger partial charge >= 0.3 is 6.09 Å². The van der Waals surface area contributed by atoms with Gasteiger partial charge < -0.3 is 18.9 Å². The Labute approximate surface area is 207 Å². The minimum atomic E-state index is -0.517. The summed E-state index contributed by atoms with van der Waals surface area (Å²) in [6, 6.07) is 13.2. The first kappa shape index (κ1) is 26.2. The lowest BCUT2D eigenvalue weighted by atomic mass is 10.2. The van der Waals surface area contributed by atoms with Gasteiger partial charge in [-0.2, -0.15) is 0 Å². The number of rotatable bonds is 10. The molecule has 2 aromatic heterocycles. The number of benzene rings is 1. The predicted molar refractivity (Wildman–Crippen MR) is 138 cm³/mol. The minimum Gasteiger partial charge on any atom is -0.494 e. The molecule has 0 atom stereocenters. The van der Waals surface area contributed by atoms with Gasteiger partial charge in [-0.15, -0.1) is 0 Å². The normalized spacial score (nSPS) is 11.6. The van der Waals surface area contributed by atoms with Crippen molar-refractivity contribution < 1.29 is 14.3 Å². The zero-order valence-corrected chi connectivity index (χ0v) is 21.4. The van der Waals surface area contributed by atoms with Crippen LogP contribution in [0.3, 0.4) is 0 Å². The largest absolute Gasteiger partial charge is 0.494 e. The molecule has 3 rings (SSSR count). The molecule has 1 aromatic carbocycles. The highest BCUT2D eigenvalue weighted by molar-refractivity contribution is 5.80. The fourth-order valence-electron chi connectivity index (χ4n) is 3.67. The highest BCUT2D eigenvalue weighted by Crippen LogP contribution is 2.19. The number of ether oxygens (including phenoxy) is 2. The van der Waals surface area contributed by atoms with Crippen LogP contribution in [0.4, 0.5) is 4.79 Å². The Morgan fingerprint density at radius 3 is 2.49 bits per heavy atom. The lowest BCUT2D eigenvalue weighted by molar-refractivity contribution is 0.0281. The molecule has 35 heavy (non-hydrogen) atoms. The quantitative estimate of drug-likeness (QED) is 0.407. The van der Waals surface area contributed by atoms with Crippen LogP contribution in [0, 0.1) is 0 Å². The first-order valence-electron chi connectivity index (χ1n) is 11.9. The number of amides is 1. The summed E-state index contributed by atoms with van der Waals surface area (Å²) in [4.78, 5) is 32.1. The zero-order chi connectivity index (χ0) is 25.4. The third kappa shape index (κ3) is 8.10. The van der Waals surface area contributed by atoms with Gasteiger partial charge in [0.1, 0.15) is 11.4 Å². The number of fused-ring (bicyclic) bond motifs is 1. The van der Waals surface area contributed by atoms with Crippen molar-refractivity contribution in [2.45, 2.75) is 39.3 Å². The maximum atomic E-state index is 12.3. The summed E-state index contributed by atoms with van der Waals surface area (Å²) in [6.07, 6.45) is 4.09. The summed E-state index contributed by atoms with van der Waals surface area (Å²) in [5.41, 5.74) is 1.50. The van der Waals surface area contributed by atoms with E-state index in [1.165, 1.54) is 5.56 Å². The lowest BCUT2D eigenvalue weighted by Crippen LogP contribution is -2.39. The van der Waals surface area contributed by atoms with Crippen LogP contribution in [-0.4, -0.2) is 64.3 Å². The van der Waals surface area contributed by atoms with Gasteiger partial charge in [-0.3, -0.25) is 14.7 Å². The first-order valence-corrected chi connectivity index (χ1v) is 11.9. The van der Waals surface area contributed by atoms with Crippen molar-refractivity contribution in [1.29, 1.82) is 0 Å². The van der Waals surface area contributed by atoms with Crippen LogP contribution in [0.15, 0.2) is 59.7 Å². The summed E-state index contributed by atoms with van der Waals surface area (Å²) in [7, 11) is 3.53. The van der Waals surface area contributed by atoms with E-state index in [4.69, 9.17) is 9.47 Å². The number of likely N-dealkylation sites (N-methyl/N-ethyl adjacent to an activating group) is 1. The van der Waals surface area contributed by atoms with E-state index < -0.39 is 5.60 Å². The molecule has 1 amide bonds. The Bertz CT molecular complexity index is 1170. The first-order chi connectivity index (χ1) is 16.6. The Hall–Kier alpha value is -3.39. The molecule has 0 aliphatic rings. The Morgan fingerprint density at radius 1 is 1.03 bits per heavy atom. The van der Waals surface area contributed by atoms with Crippen LogP contribution >= 0.6 is 0 Å². The van der Waals surface area contributed by atoms with Gasteiger partial charge in [-0.1, -0.05) is 0 Å². The van der Waals surface area contributed by atoms with Crippen molar-refractivity contribution in [2.24, 2.45) is 7.05 Å². The number of nitrogens with zero attached hydrogens (tertiary/aromatic N) is 4. The number of hydrogen-bond donors (Lipinski definition) is 0. The highest BCUT2D eigenvalue weighted by Gasteiger charge is 2.20. The van der Waals surface area contributed by atoms with Crippen LogP contribution < -0.4 is 10.3 Å². The van der Waals surface area contributed by atoms with Crippen LogP contribution in [-0.2, 0) is 18.3 Å². The van der Waals surface area contributed by atoms with Gasteiger partial charge in [0, 0.05) is 64.1 Å². The molecule has 8 nitrogen and oxygen atoms in total. The summed E-state index contributed by atoms with van der Waals surface area (Å²) < 4.78 is 13.1. The second kappa shape index (κ2) is 11.8. The van der Waals surface area contributed by atoms with E-state index >= 15 is 0 Å². The Kier molecular flexibility index (Phi) is 8.87. The zero-order valence-electron chi connectivity index (χ0n) is 21.4. The van der Waals surface area contributed by atoms with Crippen molar-refractivity contribution in [3.05, 3.63) is 70.8 Å². The molecule has 0 aliphatic heterocycles. The van der Waals surface area contributed by atoms with Gasteiger partial charge in [0.2, 0.25) is 0 Å². The third-order valence-electron chi connectivity index (χ3n) is 5.60. The van der Waals surface area contributed by atoms with Crippen molar-refractivity contribution >= 4 is 17.0 Å². The molecule has 0 radical (unpaired) electrons. The Morgan fingerprint density at radius 2 is 1.77 bits per heavy atom. The van der Waals surface area contributed by atoms with E-state index in [-0.39, 0.29) is 11.7 Å². The van der Waals surface area contributed by atoms with Crippen LogP contribution in [0.2, 0.25) is 0 Å². The molecule has 8 heteroatoms. The summed E-state index contributed by atoms with van der Waals surface area (Å²) in [6.45, 7) is 9.00. The number of pyridine rings is 2. The standard InChI is InChI=1S/C27H36N4O4/c1-27(2,3)35-26(33)29(4)16-17-31(20-21-11-13-28-14-12-21)15-6-18-34-23-8-9-24-22(19-23)7-10-25(32)30(24)5/h7-14,19H,6,15-18,20H2,1-5H3. The predicted octanol–water partition coefficient (Wildman–Crippen LogP) is 4.07. The number of hydrogen-bond acceptors (Lipinski definition) is 6. The van der Waals surface area contributed by atoms with E-state index in [1.54, 1.807) is 42.0 Å². The fourth-order valence-corrected chi connectivity index (χ4v) is 3.67. The van der Waals surface area contributed by atoms with E-state index in [1.807, 2.05) is 57.2 Å². The molecule has 2 heterocycles. The molecule has 188 valence electrons. The molecule has 0 spiro atoms. The summed E-state index contributed by atoms with van der Waals surface area (Å²) in [5.74, 6) is 0.779. The highest BCUT2D eigenvalue weighted by atomic mass is 16.6. The average molecular weight is 481 g/mol. The van der Waals surface area contributed by atoms with Crippen molar-refractivity contribution in [3.8, 4) is 5.75 Å². The molecule has 0 aliphatic carbocycles. The molecule has 0 saturated carbocycles. The van der Waals surface area contributed by atoms with Crippen LogP contribution in [0.5, 0.6) is 5.75 Å². The SMILES string of the molecule is CN(CCN(CCCOc1ccc2c(ccc(=O)n2C)c1)Cc1ccncc1)C(=O)OC(C)(C)C. The average Bonchev–Trinajstić information content (AvgIpc) is 2.81. The van der Waals surface area contributed by atoms with E-state index in [0.29, 0.717) is 19.7 Å². The van der Waals surface area contributed by atoms with Crippen molar-refractivity contribution in [3.63, 3.8) is 0 Å². The lowest BCUT2D eigenvalue weighted by Gasteiger charge is -2.28. The fraction of sp³-hybridized carbons (Fsp3) is 0.444. The molecule has 0 unspecified atom stereocenters. The van der Waals surface area contributed by atoms with E-state index in [0.717, 1.165) is 36.2 Å².